The molecule has 0 radical (unpaired) electrons. The zero-order chi connectivity index (χ0) is 16.3. The zero-order valence-electron chi connectivity index (χ0n) is 12.2. The summed E-state index contributed by atoms with van der Waals surface area (Å²) in [5.74, 6) is -2.47. The summed E-state index contributed by atoms with van der Waals surface area (Å²) in [6.45, 7) is 1.96. The maximum Gasteiger partial charge on any atom is 0.337 e. The number of hydrogen-bond acceptors (Lipinski definition) is 3. The van der Waals surface area contributed by atoms with Crippen molar-refractivity contribution in [3.8, 4) is 0 Å². The van der Waals surface area contributed by atoms with E-state index in [-0.39, 0.29) is 0 Å². The number of ether oxygens (including phenoxy) is 1. The molecule has 1 aromatic carbocycles. The summed E-state index contributed by atoms with van der Waals surface area (Å²) < 4.78 is 31.4. The van der Waals surface area contributed by atoms with Crippen LogP contribution in [0.4, 0.5) is 8.78 Å². The second-order valence-corrected chi connectivity index (χ2v) is 5.25. The van der Waals surface area contributed by atoms with Gasteiger partial charge < -0.3 is 15.4 Å². The van der Waals surface area contributed by atoms with Gasteiger partial charge in [-0.25, -0.2) is 13.6 Å². The van der Waals surface area contributed by atoms with Crippen LogP contribution in [-0.4, -0.2) is 18.2 Å². The molecular formula is C15H16F2N2O2S. The predicted octanol–water partition coefficient (Wildman–Crippen LogP) is 2.71. The van der Waals surface area contributed by atoms with Crippen molar-refractivity contribution in [1.82, 2.24) is 10.6 Å². The van der Waals surface area contributed by atoms with E-state index in [0.29, 0.717) is 28.4 Å². The minimum Gasteiger partial charge on any atom is -0.466 e. The van der Waals surface area contributed by atoms with E-state index in [2.05, 4.69) is 10.6 Å². The van der Waals surface area contributed by atoms with E-state index in [4.69, 9.17) is 17.0 Å². The van der Waals surface area contributed by atoms with Gasteiger partial charge in [-0.3, -0.25) is 0 Å². The largest absolute Gasteiger partial charge is 0.466 e. The highest BCUT2D eigenvalue weighted by Gasteiger charge is 2.32. The highest BCUT2D eigenvalue weighted by Crippen LogP contribution is 2.30. The van der Waals surface area contributed by atoms with Crippen molar-refractivity contribution in [2.75, 3.05) is 7.11 Å². The van der Waals surface area contributed by atoms with Gasteiger partial charge >= 0.3 is 5.97 Å². The van der Waals surface area contributed by atoms with Crippen LogP contribution in [0.25, 0.3) is 0 Å². The zero-order valence-corrected chi connectivity index (χ0v) is 13.0. The van der Waals surface area contributed by atoms with Gasteiger partial charge in [0.15, 0.2) is 16.7 Å². The summed E-state index contributed by atoms with van der Waals surface area (Å²) in [6, 6.07) is 2.80. The van der Waals surface area contributed by atoms with Crippen molar-refractivity contribution in [2.24, 2.45) is 0 Å². The van der Waals surface area contributed by atoms with E-state index < -0.39 is 23.6 Å². The first-order valence-corrected chi connectivity index (χ1v) is 7.22. The van der Waals surface area contributed by atoms with E-state index in [1.165, 1.54) is 13.2 Å². The van der Waals surface area contributed by atoms with Gasteiger partial charge in [-0.2, -0.15) is 0 Å². The van der Waals surface area contributed by atoms with E-state index in [0.717, 1.165) is 18.6 Å². The highest BCUT2D eigenvalue weighted by atomic mass is 32.1. The molecule has 0 saturated heterocycles. The van der Waals surface area contributed by atoms with Crippen molar-refractivity contribution in [1.29, 1.82) is 0 Å². The average molecular weight is 326 g/mol. The number of hydrogen-bond donors (Lipinski definition) is 2. The van der Waals surface area contributed by atoms with Gasteiger partial charge in [0.2, 0.25) is 0 Å². The van der Waals surface area contributed by atoms with Crippen LogP contribution in [0.3, 0.4) is 0 Å². The second-order valence-electron chi connectivity index (χ2n) is 4.84. The Bertz CT molecular complexity index is 646. The molecule has 0 amide bonds. The molecule has 7 heteroatoms. The Morgan fingerprint density at radius 1 is 1.36 bits per heavy atom. The molecule has 0 saturated carbocycles. The molecule has 0 fully saturated rings. The third-order valence-corrected chi connectivity index (χ3v) is 3.56. The Balaban J connectivity index is 2.53. The number of allylic oxidation sites excluding steroid dienone is 1. The Labute approximate surface area is 132 Å². The van der Waals surface area contributed by atoms with Crippen LogP contribution in [0.2, 0.25) is 0 Å². The summed E-state index contributed by atoms with van der Waals surface area (Å²) in [6.07, 6.45) is 1.38. The Morgan fingerprint density at radius 3 is 2.68 bits per heavy atom. The number of thiocarbonyl (C=S) groups is 1. The number of rotatable bonds is 4. The average Bonchev–Trinajstić information content (AvgIpc) is 2.49. The lowest BCUT2D eigenvalue weighted by Crippen LogP contribution is -2.45. The lowest BCUT2D eigenvalue weighted by molar-refractivity contribution is -0.136. The van der Waals surface area contributed by atoms with Crippen molar-refractivity contribution < 1.29 is 18.3 Å². The molecule has 2 rings (SSSR count). The van der Waals surface area contributed by atoms with Crippen LogP contribution in [0.5, 0.6) is 0 Å². The van der Waals surface area contributed by atoms with Crippen molar-refractivity contribution in [2.45, 2.75) is 25.8 Å². The fraction of sp³-hybridized carbons (Fsp3) is 0.333. The lowest BCUT2D eigenvalue weighted by atomic mass is 9.94. The molecule has 0 bridgehead atoms. The fourth-order valence-corrected chi connectivity index (χ4v) is 2.60. The molecule has 0 aromatic heterocycles. The molecule has 22 heavy (non-hydrogen) atoms. The predicted molar refractivity (Wildman–Crippen MR) is 81.9 cm³/mol. The quantitative estimate of drug-likeness (QED) is 0.658. The van der Waals surface area contributed by atoms with Gasteiger partial charge in [-0.05, 0) is 36.3 Å². The molecule has 0 spiro atoms. The van der Waals surface area contributed by atoms with Crippen LogP contribution in [-0.2, 0) is 9.53 Å². The molecule has 1 atom stereocenters. The number of methoxy groups -OCH3 is 1. The molecule has 1 aliphatic heterocycles. The molecule has 4 nitrogen and oxygen atoms in total. The number of nitrogens with one attached hydrogen (secondary N) is 2. The van der Waals surface area contributed by atoms with Crippen LogP contribution in [0, 0.1) is 11.6 Å². The molecule has 1 heterocycles. The van der Waals surface area contributed by atoms with E-state index in [9.17, 15) is 13.6 Å². The van der Waals surface area contributed by atoms with Crippen LogP contribution < -0.4 is 10.6 Å². The Kier molecular flexibility index (Phi) is 5.07. The number of carbonyl (C=O) groups excluding carboxylic acids is 1. The van der Waals surface area contributed by atoms with Gasteiger partial charge in [0, 0.05) is 5.70 Å². The number of carbonyl (C=O) groups is 1. The third kappa shape index (κ3) is 3.24. The first-order chi connectivity index (χ1) is 10.5. The van der Waals surface area contributed by atoms with Crippen LogP contribution >= 0.6 is 12.2 Å². The van der Waals surface area contributed by atoms with Crippen LogP contribution in [0.15, 0.2) is 29.5 Å². The van der Waals surface area contributed by atoms with E-state index in [1.807, 2.05) is 6.92 Å². The number of esters is 1. The van der Waals surface area contributed by atoms with E-state index >= 15 is 0 Å². The summed E-state index contributed by atoms with van der Waals surface area (Å²) in [5, 5.41) is 6.17. The fourth-order valence-electron chi connectivity index (χ4n) is 2.36. The monoisotopic (exact) mass is 326 g/mol. The molecule has 0 aliphatic carbocycles. The standard InChI is InChI=1S/C15H16F2N2O2S/c1-3-4-11-12(14(20)21-2)13(19-15(22)18-11)8-5-6-9(16)10(17)7-8/h5-7,13H,3-4H2,1-2H3,(H2,18,19,22)/t13-/m1/s1. The minimum atomic E-state index is -0.981. The van der Waals surface area contributed by atoms with Gasteiger partial charge in [-0.1, -0.05) is 19.4 Å². The van der Waals surface area contributed by atoms with Gasteiger partial charge in [0.05, 0.1) is 18.7 Å². The van der Waals surface area contributed by atoms with Gasteiger partial charge in [-0.15, -0.1) is 0 Å². The maximum atomic E-state index is 13.5. The first kappa shape index (κ1) is 16.4. The van der Waals surface area contributed by atoms with Gasteiger partial charge in [0.1, 0.15) is 0 Å². The highest BCUT2D eigenvalue weighted by molar-refractivity contribution is 7.80. The SMILES string of the molecule is CCCC1=C(C(=O)OC)[C@@H](c2ccc(F)c(F)c2)NC(=S)N1. The summed E-state index contributed by atoms with van der Waals surface area (Å²) in [5.41, 5.74) is 1.36. The number of benzene rings is 1. The molecule has 118 valence electrons. The van der Waals surface area contributed by atoms with E-state index in [1.54, 1.807) is 0 Å². The lowest BCUT2D eigenvalue weighted by Gasteiger charge is -2.30. The minimum absolute atomic E-state index is 0.323. The molecule has 1 aromatic rings. The molecule has 2 N–H and O–H groups in total. The normalized spacial score (nSPS) is 17.8. The number of halogens is 2. The maximum absolute atomic E-state index is 13.5. The van der Waals surface area contributed by atoms with Crippen molar-refractivity contribution >= 4 is 23.3 Å². The Morgan fingerprint density at radius 2 is 2.09 bits per heavy atom. The molecular weight excluding hydrogens is 310 g/mol. The second kappa shape index (κ2) is 6.83. The molecule has 1 aliphatic rings. The smallest absolute Gasteiger partial charge is 0.337 e. The van der Waals surface area contributed by atoms with Gasteiger partial charge in [0.25, 0.3) is 0 Å². The first-order valence-electron chi connectivity index (χ1n) is 6.81. The topological polar surface area (TPSA) is 50.4 Å². The van der Waals surface area contributed by atoms with Crippen LogP contribution in [0.1, 0.15) is 31.4 Å². The Hall–Kier alpha value is -2.02. The van der Waals surface area contributed by atoms with Crippen molar-refractivity contribution in [3.63, 3.8) is 0 Å². The third-order valence-electron chi connectivity index (χ3n) is 3.34. The summed E-state index contributed by atoms with van der Waals surface area (Å²) in [7, 11) is 1.27. The summed E-state index contributed by atoms with van der Waals surface area (Å²) >= 11 is 5.13. The summed E-state index contributed by atoms with van der Waals surface area (Å²) in [4.78, 5) is 12.1. The molecule has 0 unspecified atom stereocenters. The van der Waals surface area contributed by atoms with Crippen molar-refractivity contribution in [3.05, 3.63) is 46.7 Å².